The lowest BCUT2D eigenvalue weighted by Crippen LogP contribution is -2.61. The monoisotopic (exact) mass is 707 g/mol. The summed E-state index contributed by atoms with van der Waals surface area (Å²) in [5, 5.41) is 8.11. The highest BCUT2D eigenvalue weighted by Gasteiger charge is 2.47. The number of likely N-dealkylation sites (tertiary alicyclic amines) is 2. The van der Waals surface area contributed by atoms with Crippen LogP contribution in [0.1, 0.15) is 69.3 Å². The maximum absolute atomic E-state index is 14.4. The second kappa shape index (κ2) is 15.5. The predicted molar refractivity (Wildman–Crippen MR) is 189 cm³/mol. The van der Waals surface area contributed by atoms with Gasteiger partial charge in [0.05, 0.1) is 5.56 Å². The molecule has 0 atom stereocenters. The number of carbonyl (C=O) groups is 2. The van der Waals surface area contributed by atoms with Crippen LogP contribution in [0, 0.1) is 17.2 Å². The maximum Gasteiger partial charge on any atom is 0.410 e. The number of hydrogen-bond acceptors (Lipinski definition) is 9. The molecule has 0 unspecified atom stereocenters. The largest absolute Gasteiger partial charge is 0.445 e. The Morgan fingerprint density at radius 3 is 2.32 bits per heavy atom. The summed E-state index contributed by atoms with van der Waals surface area (Å²) < 4.78 is 26.1. The van der Waals surface area contributed by atoms with Gasteiger partial charge in [-0.05, 0) is 108 Å². The molecule has 0 bridgehead atoms. The van der Waals surface area contributed by atoms with Crippen molar-refractivity contribution in [1.82, 2.24) is 29.9 Å². The predicted octanol–water partition coefficient (Wildman–Crippen LogP) is 6.67. The van der Waals surface area contributed by atoms with E-state index in [0.717, 1.165) is 77.1 Å². The van der Waals surface area contributed by atoms with Crippen LogP contribution in [0.3, 0.4) is 0 Å². The minimum Gasteiger partial charge on any atom is -0.445 e. The molecule has 3 aromatic rings. The topological polar surface area (TPSA) is 104 Å². The number of nitrogens with zero attached hydrogens (tertiary/aromatic N) is 7. The summed E-state index contributed by atoms with van der Waals surface area (Å²) in [5.74, 6) is 0.459. The van der Waals surface area contributed by atoms with E-state index in [1.165, 1.54) is 18.2 Å². The van der Waals surface area contributed by atoms with E-state index in [4.69, 9.17) is 21.1 Å². The van der Waals surface area contributed by atoms with E-state index < -0.39 is 5.82 Å². The normalized spacial score (nSPS) is 18.0. The molecule has 3 aliphatic rings. The van der Waals surface area contributed by atoms with Crippen LogP contribution in [0.15, 0.2) is 48.5 Å². The molecule has 1 aromatic heterocycles. The number of ether oxygens (including phenoxy) is 2. The second-order valence-electron chi connectivity index (χ2n) is 14.5. The summed E-state index contributed by atoms with van der Waals surface area (Å²) in [6.07, 6.45) is 3.86. The smallest absolute Gasteiger partial charge is 0.410 e. The zero-order chi connectivity index (χ0) is 35.4. The molecule has 0 saturated carbocycles. The van der Waals surface area contributed by atoms with Crippen molar-refractivity contribution < 1.29 is 23.5 Å². The van der Waals surface area contributed by atoms with Crippen LogP contribution in [0.4, 0.5) is 15.0 Å². The Kier molecular flexibility index (Phi) is 11.1. The van der Waals surface area contributed by atoms with Gasteiger partial charge < -0.3 is 29.1 Å². The maximum atomic E-state index is 14.4. The van der Waals surface area contributed by atoms with Gasteiger partial charge in [0.15, 0.2) is 5.82 Å². The Labute approximate surface area is 298 Å². The number of halogens is 2. The van der Waals surface area contributed by atoms with Crippen LogP contribution in [-0.4, -0.2) is 99.8 Å². The van der Waals surface area contributed by atoms with E-state index in [0.29, 0.717) is 18.3 Å². The number of anilines is 1. The molecule has 0 N–H and O–H groups in total. The van der Waals surface area contributed by atoms with Crippen molar-refractivity contribution in [3.8, 4) is 11.6 Å². The molecular formula is C37H47ClFN7O4. The third kappa shape index (κ3) is 8.29. The van der Waals surface area contributed by atoms with Crippen LogP contribution >= 0.6 is 11.6 Å². The van der Waals surface area contributed by atoms with E-state index in [2.05, 4.69) is 25.0 Å². The van der Waals surface area contributed by atoms with Gasteiger partial charge in [-0.3, -0.25) is 4.79 Å². The number of piperidine rings is 2. The number of rotatable bonds is 10. The third-order valence-electron chi connectivity index (χ3n) is 10.2. The van der Waals surface area contributed by atoms with Gasteiger partial charge in [0.25, 0.3) is 11.8 Å². The number of amides is 2. The molecule has 11 nitrogen and oxygen atoms in total. The van der Waals surface area contributed by atoms with E-state index in [9.17, 15) is 14.0 Å². The highest BCUT2D eigenvalue weighted by atomic mass is 35.5. The Hall–Kier alpha value is -4.03. The van der Waals surface area contributed by atoms with Crippen LogP contribution in [0.2, 0.25) is 5.28 Å². The first kappa shape index (κ1) is 35.8. The van der Waals surface area contributed by atoms with Gasteiger partial charge in [0.1, 0.15) is 18.2 Å². The number of benzene rings is 2. The van der Waals surface area contributed by atoms with E-state index in [1.807, 2.05) is 62.9 Å². The molecule has 6 rings (SSSR count). The average Bonchev–Trinajstić information content (AvgIpc) is 3.08. The van der Waals surface area contributed by atoms with E-state index in [-0.39, 0.29) is 52.0 Å². The lowest BCUT2D eigenvalue weighted by atomic mass is 9.72. The molecule has 13 heteroatoms. The number of hydrogen-bond donors (Lipinski definition) is 0. The first-order valence-corrected chi connectivity index (χ1v) is 18.0. The molecular weight excluding hydrogens is 661 g/mol. The van der Waals surface area contributed by atoms with Crippen molar-refractivity contribution in [2.45, 2.75) is 72.1 Å². The van der Waals surface area contributed by atoms with Crippen molar-refractivity contribution in [1.29, 1.82) is 0 Å². The van der Waals surface area contributed by atoms with Gasteiger partial charge in [-0.25, -0.2) is 9.18 Å². The standard InChI is InChI=1S/C37H47ClFN7O4/c1-25(2)46(26(3)4)34(47)30-20-29(39)10-11-31(30)50-33-32(40-35(38)42-41-33)45-23-37(24-45)14-18-43(19-15-37)21-27-12-16-44(17-13-27)36(48)49-22-28-8-6-5-7-9-28/h5-11,20,25-27H,12-19,21-24H2,1-4H3. The summed E-state index contributed by atoms with van der Waals surface area (Å²) in [7, 11) is 0. The Morgan fingerprint density at radius 2 is 1.66 bits per heavy atom. The highest BCUT2D eigenvalue weighted by Crippen LogP contribution is 2.45. The fourth-order valence-electron chi connectivity index (χ4n) is 7.54. The fourth-order valence-corrected chi connectivity index (χ4v) is 7.66. The van der Waals surface area contributed by atoms with Gasteiger partial charge in [0.2, 0.25) is 5.28 Å². The Bertz CT molecular complexity index is 1630. The first-order valence-electron chi connectivity index (χ1n) is 17.6. The van der Waals surface area contributed by atoms with Crippen LogP contribution in [0.5, 0.6) is 11.6 Å². The lowest BCUT2D eigenvalue weighted by molar-refractivity contribution is 0.0511. The second-order valence-corrected chi connectivity index (χ2v) is 14.8. The molecule has 0 aliphatic carbocycles. The molecule has 3 aliphatic heterocycles. The summed E-state index contributed by atoms with van der Waals surface area (Å²) in [4.78, 5) is 38.8. The van der Waals surface area contributed by atoms with Gasteiger partial charge >= 0.3 is 6.09 Å². The molecule has 50 heavy (non-hydrogen) atoms. The van der Waals surface area contributed by atoms with Crippen molar-refractivity contribution in [3.05, 3.63) is 70.8 Å². The quantitative estimate of drug-likeness (QED) is 0.229. The van der Waals surface area contributed by atoms with Crippen molar-refractivity contribution in [2.75, 3.05) is 50.7 Å². The summed E-state index contributed by atoms with van der Waals surface area (Å²) in [6.45, 7) is 14.1. The van der Waals surface area contributed by atoms with E-state index >= 15 is 0 Å². The lowest BCUT2D eigenvalue weighted by Gasteiger charge is -2.54. The fraction of sp³-hybridized carbons (Fsp3) is 0.541. The molecule has 2 aromatic carbocycles. The Balaban J connectivity index is 1.01. The van der Waals surface area contributed by atoms with Gasteiger partial charge in [-0.15, -0.1) is 10.2 Å². The van der Waals surface area contributed by atoms with Gasteiger partial charge in [-0.1, -0.05) is 30.3 Å². The number of carbonyl (C=O) groups excluding carboxylic acids is 2. The molecule has 1 spiro atoms. The van der Waals surface area contributed by atoms with Crippen LogP contribution in [-0.2, 0) is 11.3 Å². The molecule has 2 amide bonds. The highest BCUT2D eigenvalue weighted by molar-refractivity contribution is 6.28. The van der Waals surface area contributed by atoms with Crippen molar-refractivity contribution >= 4 is 29.4 Å². The van der Waals surface area contributed by atoms with Gasteiger partial charge in [0, 0.05) is 50.2 Å². The zero-order valence-corrected chi connectivity index (χ0v) is 30.1. The molecule has 3 saturated heterocycles. The minimum atomic E-state index is -0.533. The third-order valence-corrected chi connectivity index (χ3v) is 10.4. The van der Waals surface area contributed by atoms with Gasteiger partial charge in [-0.2, -0.15) is 4.98 Å². The average molecular weight is 708 g/mol. The molecule has 268 valence electrons. The summed E-state index contributed by atoms with van der Waals surface area (Å²) in [5.41, 5.74) is 1.26. The Morgan fingerprint density at radius 1 is 0.980 bits per heavy atom. The SMILES string of the molecule is CC(C)N(C(=O)c1cc(F)ccc1Oc1nnc(Cl)nc1N1CC2(CCN(CC3CCN(C(=O)OCc4ccccc4)CC3)CC2)C1)C(C)C. The summed E-state index contributed by atoms with van der Waals surface area (Å²) in [6, 6.07) is 13.5. The minimum absolute atomic E-state index is 0.000166. The van der Waals surface area contributed by atoms with E-state index in [1.54, 1.807) is 4.90 Å². The van der Waals surface area contributed by atoms with Crippen LogP contribution in [0.25, 0.3) is 0 Å². The van der Waals surface area contributed by atoms with Crippen LogP contribution < -0.4 is 9.64 Å². The molecule has 4 heterocycles. The first-order chi connectivity index (χ1) is 24.0. The van der Waals surface area contributed by atoms with Crippen molar-refractivity contribution in [3.63, 3.8) is 0 Å². The van der Waals surface area contributed by atoms with Crippen molar-refractivity contribution in [2.24, 2.45) is 11.3 Å². The molecule has 0 radical (unpaired) electrons. The zero-order valence-electron chi connectivity index (χ0n) is 29.4. The molecule has 3 fully saturated rings. The number of aromatic nitrogens is 3. The summed E-state index contributed by atoms with van der Waals surface area (Å²) >= 11 is 6.20.